The van der Waals surface area contributed by atoms with Gasteiger partial charge < -0.3 is 4.74 Å². The molecule has 6 aromatic rings. The van der Waals surface area contributed by atoms with Gasteiger partial charge in [0, 0.05) is 11.1 Å². The molecular formula is C35H22O. The van der Waals surface area contributed by atoms with Crippen LogP contribution in [0.4, 0.5) is 0 Å². The molecule has 0 fully saturated rings. The van der Waals surface area contributed by atoms with Crippen LogP contribution in [-0.2, 0) is 5.41 Å². The Kier molecular flexibility index (Phi) is 3.93. The van der Waals surface area contributed by atoms with Crippen molar-refractivity contribution in [3.63, 3.8) is 0 Å². The highest BCUT2D eigenvalue weighted by atomic mass is 16.5. The topological polar surface area (TPSA) is 9.23 Å². The van der Waals surface area contributed by atoms with Crippen LogP contribution in [0.25, 0.3) is 33.0 Å². The summed E-state index contributed by atoms with van der Waals surface area (Å²) in [6.45, 7) is 0. The van der Waals surface area contributed by atoms with E-state index < -0.39 is 5.41 Å². The Balaban J connectivity index is 1.42. The van der Waals surface area contributed by atoms with Gasteiger partial charge >= 0.3 is 0 Å². The molecule has 0 spiro atoms. The molecule has 0 amide bonds. The minimum atomic E-state index is -0.408. The second-order valence-corrected chi connectivity index (χ2v) is 9.68. The van der Waals surface area contributed by atoms with Gasteiger partial charge in [-0.05, 0) is 56.3 Å². The summed E-state index contributed by atoms with van der Waals surface area (Å²) in [5.41, 5.74) is 9.67. The van der Waals surface area contributed by atoms with E-state index in [1.807, 2.05) is 0 Å². The Bertz CT molecular complexity index is 1810. The van der Waals surface area contributed by atoms with E-state index in [9.17, 15) is 0 Å². The van der Waals surface area contributed by atoms with E-state index in [4.69, 9.17) is 4.74 Å². The summed E-state index contributed by atoms with van der Waals surface area (Å²) in [6, 6.07) is 48.2. The number of para-hydroxylation sites is 1. The molecule has 0 radical (unpaired) electrons. The standard InChI is InChI=1S/C35H22O/c1-2-11-26-23(9-1)10-7-13-27(26)24-19-21-25(22-20-24)35-30-15-4-3-12-28(30)29-14-8-18-33(34(29)35)36-32-17-6-5-16-31(32)35/h1-22H. The highest BCUT2D eigenvalue weighted by Gasteiger charge is 2.51. The third kappa shape index (κ3) is 2.44. The molecule has 0 aromatic heterocycles. The summed E-state index contributed by atoms with van der Waals surface area (Å²) in [6.07, 6.45) is 0. The van der Waals surface area contributed by atoms with Gasteiger partial charge in [-0.1, -0.05) is 121 Å². The van der Waals surface area contributed by atoms with Crippen LogP contribution in [0.5, 0.6) is 11.5 Å². The average Bonchev–Trinajstić information content (AvgIpc) is 3.26. The molecule has 1 unspecified atom stereocenters. The van der Waals surface area contributed by atoms with E-state index >= 15 is 0 Å². The Morgan fingerprint density at radius 2 is 1.08 bits per heavy atom. The van der Waals surface area contributed by atoms with Gasteiger partial charge in [-0.3, -0.25) is 0 Å². The quantitative estimate of drug-likeness (QED) is 0.251. The van der Waals surface area contributed by atoms with Crippen LogP contribution < -0.4 is 4.74 Å². The zero-order chi connectivity index (χ0) is 23.7. The van der Waals surface area contributed by atoms with Crippen molar-refractivity contribution >= 4 is 10.8 Å². The third-order valence-electron chi connectivity index (χ3n) is 7.95. The molecule has 0 saturated heterocycles. The first-order valence-electron chi connectivity index (χ1n) is 12.4. The fraction of sp³-hybridized carbons (Fsp3) is 0.0286. The number of rotatable bonds is 2. The predicted molar refractivity (Wildman–Crippen MR) is 147 cm³/mol. The highest BCUT2D eigenvalue weighted by Crippen LogP contribution is 2.63. The van der Waals surface area contributed by atoms with Gasteiger partial charge in [-0.2, -0.15) is 0 Å². The maximum atomic E-state index is 6.49. The number of fused-ring (bicyclic) bond motifs is 6. The monoisotopic (exact) mass is 458 g/mol. The lowest BCUT2D eigenvalue weighted by molar-refractivity contribution is 0.438. The minimum Gasteiger partial charge on any atom is -0.457 e. The maximum Gasteiger partial charge on any atom is 0.132 e. The summed E-state index contributed by atoms with van der Waals surface area (Å²) in [5.74, 6) is 1.87. The minimum absolute atomic E-state index is 0.408. The molecule has 1 aliphatic heterocycles. The first kappa shape index (κ1) is 19.7. The molecule has 0 N–H and O–H groups in total. The number of hydrogen-bond acceptors (Lipinski definition) is 1. The SMILES string of the molecule is c1ccc2c(c1)Oc1cccc3c1C2(c1ccc(-c2cccc4ccccc24)cc1)c1ccccc1-3. The van der Waals surface area contributed by atoms with Crippen molar-refractivity contribution in [3.05, 3.63) is 156 Å². The summed E-state index contributed by atoms with van der Waals surface area (Å²) in [4.78, 5) is 0. The molecule has 168 valence electrons. The van der Waals surface area contributed by atoms with Crippen molar-refractivity contribution < 1.29 is 4.74 Å². The lowest BCUT2D eigenvalue weighted by atomic mass is 9.66. The second-order valence-electron chi connectivity index (χ2n) is 9.68. The van der Waals surface area contributed by atoms with Gasteiger partial charge in [-0.25, -0.2) is 0 Å². The van der Waals surface area contributed by atoms with Gasteiger partial charge in [0.1, 0.15) is 11.5 Å². The van der Waals surface area contributed by atoms with Crippen molar-refractivity contribution in [2.45, 2.75) is 5.41 Å². The van der Waals surface area contributed by atoms with Crippen LogP contribution in [0.15, 0.2) is 133 Å². The Morgan fingerprint density at radius 3 is 2.00 bits per heavy atom. The van der Waals surface area contributed by atoms with Crippen LogP contribution >= 0.6 is 0 Å². The first-order chi connectivity index (χ1) is 17.9. The molecule has 8 rings (SSSR count). The van der Waals surface area contributed by atoms with E-state index in [2.05, 4.69) is 133 Å². The van der Waals surface area contributed by atoms with Crippen molar-refractivity contribution in [3.8, 4) is 33.8 Å². The molecule has 36 heavy (non-hydrogen) atoms. The van der Waals surface area contributed by atoms with E-state index in [-0.39, 0.29) is 0 Å². The van der Waals surface area contributed by atoms with Crippen LogP contribution in [0.1, 0.15) is 22.3 Å². The fourth-order valence-corrected chi connectivity index (χ4v) is 6.50. The maximum absolute atomic E-state index is 6.49. The zero-order valence-corrected chi connectivity index (χ0v) is 19.6. The lowest BCUT2D eigenvalue weighted by Gasteiger charge is -2.39. The molecule has 1 atom stereocenters. The number of benzene rings is 6. The van der Waals surface area contributed by atoms with Crippen molar-refractivity contribution in [1.82, 2.24) is 0 Å². The summed E-state index contributed by atoms with van der Waals surface area (Å²) in [5, 5.41) is 2.54. The van der Waals surface area contributed by atoms with Gasteiger partial charge in [0.2, 0.25) is 0 Å². The molecule has 6 aromatic carbocycles. The Hall–Kier alpha value is -4.62. The van der Waals surface area contributed by atoms with Gasteiger partial charge in [-0.15, -0.1) is 0 Å². The largest absolute Gasteiger partial charge is 0.457 e. The molecule has 1 nitrogen and oxygen atoms in total. The second kappa shape index (κ2) is 7.19. The van der Waals surface area contributed by atoms with Crippen LogP contribution in [0.3, 0.4) is 0 Å². The Morgan fingerprint density at radius 1 is 0.444 bits per heavy atom. The molecule has 1 heteroatoms. The van der Waals surface area contributed by atoms with E-state index in [0.717, 1.165) is 11.5 Å². The molecule has 1 heterocycles. The highest BCUT2D eigenvalue weighted by molar-refractivity contribution is 5.97. The van der Waals surface area contributed by atoms with Crippen LogP contribution in [-0.4, -0.2) is 0 Å². The van der Waals surface area contributed by atoms with Gasteiger partial charge in [0.05, 0.1) is 5.41 Å². The molecule has 0 saturated carbocycles. The van der Waals surface area contributed by atoms with E-state index in [1.165, 1.54) is 55.3 Å². The molecular weight excluding hydrogens is 436 g/mol. The van der Waals surface area contributed by atoms with E-state index in [1.54, 1.807) is 0 Å². The predicted octanol–water partition coefficient (Wildman–Crippen LogP) is 8.98. The molecule has 1 aliphatic carbocycles. The van der Waals surface area contributed by atoms with Crippen LogP contribution in [0, 0.1) is 0 Å². The summed E-state index contributed by atoms with van der Waals surface area (Å²) in [7, 11) is 0. The lowest BCUT2D eigenvalue weighted by Crippen LogP contribution is -2.31. The van der Waals surface area contributed by atoms with Crippen molar-refractivity contribution in [2.24, 2.45) is 0 Å². The van der Waals surface area contributed by atoms with Gasteiger partial charge in [0.15, 0.2) is 0 Å². The van der Waals surface area contributed by atoms with Crippen LogP contribution in [0.2, 0.25) is 0 Å². The zero-order valence-electron chi connectivity index (χ0n) is 19.6. The third-order valence-corrected chi connectivity index (χ3v) is 7.95. The van der Waals surface area contributed by atoms with Gasteiger partial charge in [0.25, 0.3) is 0 Å². The summed E-state index contributed by atoms with van der Waals surface area (Å²) < 4.78 is 6.49. The normalized spacial score (nSPS) is 16.7. The number of ether oxygens (including phenoxy) is 1. The Labute approximate surface area is 210 Å². The van der Waals surface area contributed by atoms with Crippen molar-refractivity contribution in [2.75, 3.05) is 0 Å². The average molecular weight is 459 g/mol. The molecule has 0 bridgehead atoms. The van der Waals surface area contributed by atoms with Crippen molar-refractivity contribution in [1.29, 1.82) is 0 Å². The number of hydrogen-bond donors (Lipinski definition) is 0. The first-order valence-corrected chi connectivity index (χ1v) is 12.4. The molecule has 2 aliphatic rings. The summed E-state index contributed by atoms with van der Waals surface area (Å²) >= 11 is 0. The fourth-order valence-electron chi connectivity index (χ4n) is 6.50. The van der Waals surface area contributed by atoms with E-state index in [0.29, 0.717) is 0 Å². The smallest absolute Gasteiger partial charge is 0.132 e.